The predicted molar refractivity (Wildman–Crippen MR) is 125 cm³/mol. The fourth-order valence-corrected chi connectivity index (χ4v) is 4.26. The number of nitrogens with two attached hydrogens (primary N) is 1. The number of carbonyl (C=O) groups is 2. The van der Waals surface area contributed by atoms with Gasteiger partial charge in [-0.25, -0.2) is 9.97 Å². The highest BCUT2D eigenvalue weighted by atomic mass is 35.5. The highest BCUT2D eigenvalue weighted by molar-refractivity contribution is 6.30. The molecule has 1 saturated heterocycles. The number of likely N-dealkylation sites (tertiary alicyclic amines) is 1. The molecule has 0 spiro atoms. The first-order valence-corrected chi connectivity index (χ1v) is 10.9. The maximum atomic E-state index is 13.4. The van der Waals surface area contributed by atoms with Gasteiger partial charge in [-0.05, 0) is 61.2 Å². The number of halogens is 1. The van der Waals surface area contributed by atoms with Crippen LogP contribution in [0.1, 0.15) is 48.3 Å². The average Bonchev–Trinajstić information content (AvgIpc) is 2.79. The number of piperidine rings is 1. The average molecular weight is 450 g/mol. The van der Waals surface area contributed by atoms with Gasteiger partial charge in [-0.3, -0.25) is 9.59 Å². The van der Waals surface area contributed by atoms with Crippen LogP contribution in [0, 0.1) is 0 Å². The Morgan fingerprint density at radius 1 is 1.16 bits per heavy atom. The lowest BCUT2D eigenvalue weighted by molar-refractivity contribution is -0.114. The zero-order chi connectivity index (χ0) is 22.7. The zero-order valence-corrected chi connectivity index (χ0v) is 18.5. The molecular formula is C24H24ClN5O2. The number of carbonyl (C=O) groups excluding carboxylic acids is 2. The van der Waals surface area contributed by atoms with Gasteiger partial charge >= 0.3 is 0 Å². The van der Waals surface area contributed by atoms with E-state index >= 15 is 0 Å². The fourth-order valence-electron chi connectivity index (χ4n) is 4.07. The maximum absolute atomic E-state index is 13.4. The van der Waals surface area contributed by atoms with Crippen molar-refractivity contribution in [1.82, 2.24) is 14.9 Å². The number of nitrogens with zero attached hydrogens (tertiary/aromatic N) is 3. The molecule has 8 heteroatoms. The van der Waals surface area contributed by atoms with Crippen LogP contribution in [0.15, 0.2) is 54.7 Å². The Morgan fingerprint density at radius 3 is 2.66 bits per heavy atom. The van der Waals surface area contributed by atoms with E-state index in [1.807, 2.05) is 29.2 Å². The van der Waals surface area contributed by atoms with Crippen LogP contribution in [0.2, 0.25) is 5.02 Å². The summed E-state index contributed by atoms with van der Waals surface area (Å²) in [6, 6.07) is 14.2. The summed E-state index contributed by atoms with van der Waals surface area (Å²) in [4.78, 5) is 35.3. The van der Waals surface area contributed by atoms with Gasteiger partial charge in [0.2, 0.25) is 11.9 Å². The lowest BCUT2D eigenvalue weighted by Gasteiger charge is -2.36. The Balaban J connectivity index is 1.69. The van der Waals surface area contributed by atoms with Crippen LogP contribution in [-0.2, 0) is 4.79 Å². The highest BCUT2D eigenvalue weighted by Crippen LogP contribution is 2.37. The molecular weight excluding hydrogens is 426 g/mol. The second-order valence-electron chi connectivity index (χ2n) is 7.81. The van der Waals surface area contributed by atoms with Gasteiger partial charge in [0.1, 0.15) is 0 Å². The minimum Gasteiger partial charge on any atom is -0.368 e. The van der Waals surface area contributed by atoms with Crippen LogP contribution in [0.5, 0.6) is 0 Å². The molecule has 0 unspecified atom stereocenters. The molecule has 0 saturated carbocycles. The van der Waals surface area contributed by atoms with Crippen LogP contribution in [-0.4, -0.2) is 33.2 Å². The topological polar surface area (TPSA) is 101 Å². The first kappa shape index (κ1) is 21.8. The summed E-state index contributed by atoms with van der Waals surface area (Å²) < 4.78 is 0. The summed E-state index contributed by atoms with van der Waals surface area (Å²) in [6.07, 6.45) is 4.37. The molecule has 0 radical (unpaired) electrons. The number of aromatic nitrogens is 2. The van der Waals surface area contributed by atoms with Crippen molar-refractivity contribution in [2.75, 3.05) is 17.6 Å². The van der Waals surface area contributed by atoms with Crippen LogP contribution < -0.4 is 11.1 Å². The van der Waals surface area contributed by atoms with Crippen molar-refractivity contribution in [1.29, 1.82) is 0 Å². The van der Waals surface area contributed by atoms with E-state index < -0.39 is 0 Å². The number of amides is 2. The van der Waals surface area contributed by atoms with Crippen LogP contribution in [0.25, 0.3) is 11.1 Å². The van der Waals surface area contributed by atoms with Gasteiger partial charge < -0.3 is 16.0 Å². The van der Waals surface area contributed by atoms with E-state index in [1.54, 1.807) is 30.5 Å². The Kier molecular flexibility index (Phi) is 6.37. The molecule has 7 nitrogen and oxygen atoms in total. The van der Waals surface area contributed by atoms with Gasteiger partial charge in [-0.1, -0.05) is 23.7 Å². The minimum absolute atomic E-state index is 0.0849. The SMILES string of the molecule is CC(=O)Nc1ccc(C(=O)N2CCCC[C@@H]2c2nc(N)ncc2-c2cccc(Cl)c2)cc1. The highest BCUT2D eigenvalue weighted by Gasteiger charge is 2.32. The fraction of sp³-hybridized carbons (Fsp3) is 0.250. The standard InChI is InChI=1S/C24H24ClN5O2/c1-15(31)28-19-10-8-16(9-11-19)23(32)30-12-3-2-7-21(30)22-20(14-27-24(26)29-22)17-5-4-6-18(25)13-17/h4-6,8-11,13-14,21H,2-3,7,12H2,1H3,(H,28,31)(H2,26,27,29)/t21-/m1/s1. The summed E-state index contributed by atoms with van der Waals surface area (Å²) in [5.41, 5.74) is 9.56. The number of benzene rings is 2. The lowest BCUT2D eigenvalue weighted by Crippen LogP contribution is -2.39. The molecule has 0 aliphatic carbocycles. The second-order valence-corrected chi connectivity index (χ2v) is 8.24. The minimum atomic E-state index is -0.231. The maximum Gasteiger partial charge on any atom is 0.254 e. The van der Waals surface area contributed by atoms with Gasteiger partial charge in [0.25, 0.3) is 5.91 Å². The van der Waals surface area contributed by atoms with Gasteiger partial charge in [0, 0.05) is 41.5 Å². The van der Waals surface area contributed by atoms with Crippen molar-refractivity contribution in [2.45, 2.75) is 32.2 Å². The largest absolute Gasteiger partial charge is 0.368 e. The number of anilines is 2. The van der Waals surface area contributed by atoms with Gasteiger partial charge in [0.15, 0.2) is 0 Å². The molecule has 3 aromatic rings. The quantitative estimate of drug-likeness (QED) is 0.600. The smallest absolute Gasteiger partial charge is 0.254 e. The number of hydrogen-bond donors (Lipinski definition) is 2. The summed E-state index contributed by atoms with van der Waals surface area (Å²) in [5.74, 6) is -0.0724. The molecule has 1 aliphatic heterocycles. The zero-order valence-electron chi connectivity index (χ0n) is 17.7. The van der Waals surface area contributed by atoms with Gasteiger partial charge in [0.05, 0.1) is 11.7 Å². The Bertz CT molecular complexity index is 1150. The molecule has 2 aromatic carbocycles. The monoisotopic (exact) mass is 449 g/mol. The van der Waals surface area contributed by atoms with Crippen molar-refractivity contribution in [3.63, 3.8) is 0 Å². The van der Waals surface area contributed by atoms with Crippen molar-refractivity contribution in [3.8, 4) is 11.1 Å². The molecule has 0 bridgehead atoms. The third-order valence-electron chi connectivity index (χ3n) is 5.50. The predicted octanol–water partition coefficient (Wildman–Crippen LogP) is 4.71. The first-order chi connectivity index (χ1) is 15.4. The molecule has 32 heavy (non-hydrogen) atoms. The van der Waals surface area contributed by atoms with E-state index in [4.69, 9.17) is 17.3 Å². The van der Waals surface area contributed by atoms with E-state index in [-0.39, 0.29) is 23.8 Å². The first-order valence-electron chi connectivity index (χ1n) is 10.5. The van der Waals surface area contributed by atoms with Gasteiger partial charge in [-0.2, -0.15) is 0 Å². The molecule has 2 amide bonds. The molecule has 164 valence electrons. The van der Waals surface area contributed by atoms with E-state index in [0.29, 0.717) is 22.8 Å². The number of nitrogens with one attached hydrogen (secondary N) is 1. The summed E-state index contributed by atoms with van der Waals surface area (Å²) in [5, 5.41) is 3.33. The molecule has 4 rings (SSSR count). The summed E-state index contributed by atoms with van der Waals surface area (Å²) >= 11 is 6.21. The summed E-state index contributed by atoms with van der Waals surface area (Å²) in [6.45, 7) is 2.07. The van der Waals surface area contributed by atoms with E-state index in [0.717, 1.165) is 36.1 Å². The van der Waals surface area contributed by atoms with Crippen molar-refractivity contribution >= 4 is 35.1 Å². The van der Waals surface area contributed by atoms with Crippen molar-refractivity contribution < 1.29 is 9.59 Å². The Labute approximate surface area is 191 Å². The number of nitrogen functional groups attached to an aromatic ring is 1. The number of hydrogen-bond acceptors (Lipinski definition) is 5. The lowest BCUT2D eigenvalue weighted by atomic mass is 9.93. The third kappa shape index (κ3) is 4.73. The van der Waals surface area contributed by atoms with Crippen molar-refractivity contribution in [3.05, 3.63) is 71.0 Å². The molecule has 1 fully saturated rings. The van der Waals surface area contributed by atoms with Crippen LogP contribution in [0.4, 0.5) is 11.6 Å². The molecule has 1 aliphatic rings. The van der Waals surface area contributed by atoms with Gasteiger partial charge in [-0.15, -0.1) is 0 Å². The molecule has 1 aromatic heterocycles. The van der Waals surface area contributed by atoms with Crippen molar-refractivity contribution in [2.24, 2.45) is 0 Å². The molecule has 1 atom stereocenters. The summed E-state index contributed by atoms with van der Waals surface area (Å²) in [7, 11) is 0. The van der Waals surface area contributed by atoms with E-state index in [9.17, 15) is 9.59 Å². The molecule has 3 N–H and O–H groups in total. The second kappa shape index (κ2) is 9.36. The van der Waals surface area contributed by atoms with E-state index in [2.05, 4.69) is 15.3 Å². The third-order valence-corrected chi connectivity index (χ3v) is 5.74. The molecule has 2 heterocycles. The Hall–Kier alpha value is -3.45. The van der Waals surface area contributed by atoms with Crippen LogP contribution >= 0.6 is 11.6 Å². The normalized spacial score (nSPS) is 15.9. The van der Waals surface area contributed by atoms with Crippen LogP contribution in [0.3, 0.4) is 0 Å². The van der Waals surface area contributed by atoms with E-state index in [1.165, 1.54) is 6.92 Å². The Morgan fingerprint density at radius 2 is 1.94 bits per heavy atom. The number of rotatable bonds is 4.